The summed E-state index contributed by atoms with van der Waals surface area (Å²) < 4.78 is 1.40. The van der Waals surface area contributed by atoms with Crippen molar-refractivity contribution in [3.05, 3.63) is 30.1 Å². The maximum absolute atomic E-state index is 12.0. The van der Waals surface area contributed by atoms with Gasteiger partial charge in [0.2, 0.25) is 0 Å². The van der Waals surface area contributed by atoms with Crippen LogP contribution >= 0.6 is 15.9 Å². The van der Waals surface area contributed by atoms with Crippen LogP contribution in [0.3, 0.4) is 0 Å². The molecule has 0 spiro atoms. The van der Waals surface area contributed by atoms with Crippen LogP contribution < -0.4 is 0 Å². The Hall–Kier alpha value is -1.16. The van der Waals surface area contributed by atoms with Crippen molar-refractivity contribution in [2.75, 3.05) is 0 Å². The maximum atomic E-state index is 12.0. The van der Waals surface area contributed by atoms with Crippen molar-refractivity contribution in [1.82, 2.24) is 9.55 Å². The Bertz CT molecular complexity index is 552. The molecule has 0 aliphatic rings. The predicted molar refractivity (Wildman–Crippen MR) is 68.1 cm³/mol. The first kappa shape index (κ1) is 11.3. The van der Waals surface area contributed by atoms with Gasteiger partial charge in [-0.1, -0.05) is 15.9 Å². The molecular weight excluding hydrogens is 268 g/mol. The number of nitrogens with zero attached hydrogens (tertiary/aromatic N) is 2. The molecule has 2 aromatic rings. The van der Waals surface area contributed by atoms with Gasteiger partial charge in [0.1, 0.15) is 0 Å². The SMILES string of the molecule is Cn1cnc2cc(C(=O)C(C)(C)Br)ccc21. The second-order valence-electron chi connectivity index (χ2n) is 4.36. The van der Waals surface area contributed by atoms with Crippen LogP contribution in [-0.2, 0) is 7.05 Å². The minimum Gasteiger partial charge on any atom is -0.334 e. The molecule has 0 saturated carbocycles. The minimum atomic E-state index is -0.532. The zero-order valence-corrected chi connectivity index (χ0v) is 11.1. The number of fused-ring (bicyclic) bond motifs is 1. The summed E-state index contributed by atoms with van der Waals surface area (Å²) in [6.45, 7) is 3.69. The number of Topliss-reactive ketones (excluding diaryl/α,β-unsaturated/α-hetero) is 1. The van der Waals surface area contributed by atoms with Crippen LogP contribution in [0.4, 0.5) is 0 Å². The fourth-order valence-electron chi connectivity index (χ4n) is 1.62. The molecule has 1 heterocycles. The Morgan fingerprint density at radius 2 is 2.12 bits per heavy atom. The molecule has 3 nitrogen and oxygen atoms in total. The summed E-state index contributed by atoms with van der Waals surface area (Å²) >= 11 is 3.37. The summed E-state index contributed by atoms with van der Waals surface area (Å²) in [5.74, 6) is 0.0695. The second-order valence-corrected chi connectivity index (χ2v) is 6.34. The maximum Gasteiger partial charge on any atom is 0.179 e. The fourth-order valence-corrected chi connectivity index (χ4v) is 1.85. The van der Waals surface area contributed by atoms with Crippen LogP contribution in [0, 0.1) is 0 Å². The first-order chi connectivity index (χ1) is 7.39. The van der Waals surface area contributed by atoms with Crippen molar-refractivity contribution < 1.29 is 4.79 Å². The van der Waals surface area contributed by atoms with E-state index in [2.05, 4.69) is 20.9 Å². The molecule has 0 atom stereocenters. The van der Waals surface area contributed by atoms with Crippen LogP contribution in [0.5, 0.6) is 0 Å². The molecule has 1 aromatic heterocycles. The van der Waals surface area contributed by atoms with E-state index < -0.39 is 4.32 Å². The highest BCUT2D eigenvalue weighted by Crippen LogP contribution is 2.24. The van der Waals surface area contributed by atoms with Gasteiger partial charge in [0, 0.05) is 12.6 Å². The third kappa shape index (κ3) is 1.89. The van der Waals surface area contributed by atoms with E-state index in [0.29, 0.717) is 5.56 Å². The molecule has 0 aliphatic carbocycles. The summed E-state index contributed by atoms with van der Waals surface area (Å²) in [6, 6.07) is 5.60. The highest BCUT2D eigenvalue weighted by Gasteiger charge is 2.25. The molecule has 2 rings (SSSR count). The topological polar surface area (TPSA) is 34.9 Å². The number of imidazole rings is 1. The summed E-state index contributed by atoms with van der Waals surface area (Å²) in [7, 11) is 1.94. The van der Waals surface area contributed by atoms with Crippen molar-refractivity contribution >= 4 is 32.7 Å². The number of benzene rings is 1. The number of carbonyl (C=O) groups excluding carboxylic acids is 1. The molecule has 0 unspecified atom stereocenters. The van der Waals surface area contributed by atoms with Gasteiger partial charge in [-0.05, 0) is 32.0 Å². The quantitative estimate of drug-likeness (QED) is 0.626. The lowest BCUT2D eigenvalue weighted by Gasteiger charge is -2.14. The number of halogens is 1. The molecule has 4 heteroatoms. The number of ketones is 1. The second kappa shape index (κ2) is 3.70. The van der Waals surface area contributed by atoms with Crippen molar-refractivity contribution in [3.63, 3.8) is 0 Å². The van der Waals surface area contributed by atoms with Gasteiger partial charge < -0.3 is 4.57 Å². The lowest BCUT2D eigenvalue weighted by Crippen LogP contribution is -2.23. The molecule has 0 radical (unpaired) electrons. The van der Waals surface area contributed by atoms with Crippen LogP contribution in [0.1, 0.15) is 24.2 Å². The van der Waals surface area contributed by atoms with Gasteiger partial charge in [-0.15, -0.1) is 0 Å². The number of aryl methyl sites for hydroxylation is 1. The summed E-state index contributed by atoms with van der Waals surface area (Å²) in [4.78, 5) is 16.3. The first-order valence-electron chi connectivity index (χ1n) is 5.04. The molecular formula is C12H13BrN2O. The van der Waals surface area contributed by atoms with E-state index in [9.17, 15) is 4.79 Å². The smallest absolute Gasteiger partial charge is 0.179 e. The highest BCUT2D eigenvalue weighted by molar-refractivity contribution is 9.10. The Labute approximate surface area is 103 Å². The third-order valence-corrected chi connectivity index (χ3v) is 2.89. The Balaban J connectivity index is 2.52. The van der Waals surface area contributed by atoms with E-state index in [1.807, 2.05) is 43.7 Å². The number of carbonyl (C=O) groups is 1. The van der Waals surface area contributed by atoms with Crippen molar-refractivity contribution in [1.29, 1.82) is 0 Å². The van der Waals surface area contributed by atoms with Gasteiger partial charge in [-0.25, -0.2) is 4.98 Å². The Morgan fingerprint density at radius 3 is 2.75 bits per heavy atom. The predicted octanol–water partition coefficient (Wildman–Crippen LogP) is 2.93. The van der Waals surface area contributed by atoms with E-state index in [0.717, 1.165) is 11.0 Å². The van der Waals surface area contributed by atoms with Crippen LogP contribution in [-0.4, -0.2) is 19.7 Å². The van der Waals surface area contributed by atoms with Crippen molar-refractivity contribution in [2.45, 2.75) is 18.2 Å². The normalized spacial score (nSPS) is 12.0. The number of alkyl halides is 1. The van der Waals surface area contributed by atoms with Gasteiger partial charge in [0.15, 0.2) is 5.78 Å². The monoisotopic (exact) mass is 280 g/mol. The van der Waals surface area contributed by atoms with Crippen LogP contribution in [0.25, 0.3) is 11.0 Å². The minimum absolute atomic E-state index is 0.0695. The molecule has 1 aromatic carbocycles. The zero-order chi connectivity index (χ0) is 11.9. The number of hydrogen-bond donors (Lipinski definition) is 0. The highest BCUT2D eigenvalue weighted by atomic mass is 79.9. The zero-order valence-electron chi connectivity index (χ0n) is 9.49. The number of rotatable bonds is 2. The van der Waals surface area contributed by atoms with E-state index in [-0.39, 0.29) is 5.78 Å². The van der Waals surface area contributed by atoms with Crippen LogP contribution in [0.2, 0.25) is 0 Å². The Kier molecular flexibility index (Phi) is 2.62. The molecule has 0 bridgehead atoms. The molecule has 0 fully saturated rings. The Morgan fingerprint density at radius 1 is 1.44 bits per heavy atom. The average molecular weight is 281 g/mol. The van der Waals surface area contributed by atoms with Crippen molar-refractivity contribution in [3.8, 4) is 0 Å². The number of aromatic nitrogens is 2. The summed E-state index contributed by atoms with van der Waals surface area (Å²) in [6.07, 6.45) is 1.75. The summed E-state index contributed by atoms with van der Waals surface area (Å²) in [5, 5.41) is 0. The molecule has 0 N–H and O–H groups in total. The largest absolute Gasteiger partial charge is 0.334 e. The van der Waals surface area contributed by atoms with E-state index in [1.54, 1.807) is 6.33 Å². The molecule has 0 amide bonds. The average Bonchev–Trinajstić information content (AvgIpc) is 2.57. The number of hydrogen-bond acceptors (Lipinski definition) is 2. The van der Waals surface area contributed by atoms with E-state index >= 15 is 0 Å². The first-order valence-corrected chi connectivity index (χ1v) is 5.83. The third-order valence-electron chi connectivity index (χ3n) is 2.53. The van der Waals surface area contributed by atoms with Gasteiger partial charge >= 0.3 is 0 Å². The molecule has 0 aliphatic heterocycles. The molecule has 0 saturated heterocycles. The van der Waals surface area contributed by atoms with Crippen molar-refractivity contribution in [2.24, 2.45) is 7.05 Å². The molecule has 16 heavy (non-hydrogen) atoms. The fraction of sp³-hybridized carbons (Fsp3) is 0.333. The van der Waals surface area contributed by atoms with Gasteiger partial charge in [-0.3, -0.25) is 4.79 Å². The summed E-state index contributed by atoms with van der Waals surface area (Å²) in [5.41, 5.74) is 2.57. The van der Waals surface area contributed by atoms with Crippen LogP contribution in [0.15, 0.2) is 24.5 Å². The molecule has 84 valence electrons. The van der Waals surface area contributed by atoms with E-state index in [1.165, 1.54) is 0 Å². The van der Waals surface area contributed by atoms with Gasteiger partial charge in [-0.2, -0.15) is 0 Å². The van der Waals surface area contributed by atoms with Gasteiger partial charge in [0.25, 0.3) is 0 Å². The lowest BCUT2D eigenvalue weighted by atomic mass is 10.0. The standard InChI is InChI=1S/C12H13BrN2O/c1-12(2,13)11(16)8-4-5-10-9(6-8)14-7-15(10)3/h4-7H,1-3H3. The van der Waals surface area contributed by atoms with E-state index in [4.69, 9.17) is 0 Å². The lowest BCUT2D eigenvalue weighted by molar-refractivity contribution is 0.0961. The van der Waals surface area contributed by atoms with Gasteiger partial charge in [0.05, 0.1) is 21.7 Å².